The van der Waals surface area contributed by atoms with Crippen LogP contribution in [0.25, 0.3) is 10.9 Å². The van der Waals surface area contributed by atoms with Gasteiger partial charge in [0.25, 0.3) is 0 Å². The van der Waals surface area contributed by atoms with Gasteiger partial charge in [-0.05, 0) is 54.2 Å². The second kappa shape index (κ2) is 6.64. The number of aliphatic hydroxyl groups is 1. The van der Waals surface area contributed by atoms with E-state index in [1.165, 1.54) is 16.5 Å². The van der Waals surface area contributed by atoms with Crippen LogP contribution in [-0.4, -0.2) is 57.2 Å². The number of aryl methyl sites for hydroxylation is 1. The molecule has 3 aliphatic rings. The van der Waals surface area contributed by atoms with Crippen molar-refractivity contribution < 1.29 is 9.90 Å². The van der Waals surface area contributed by atoms with E-state index < -0.39 is 0 Å². The number of fused-ring (bicyclic) bond motifs is 5. The Morgan fingerprint density at radius 1 is 1.19 bits per heavy atom. The van der Waals surface area contributed by atoms with E-state index in [1.807, 2.05) is 0 Å². The summed E-state index contributed by atoms with van der Waals surface area (Å²) in [5.74, 6) is 1.21. The monoisotopic (exact) mass is 367 g/mol. The molecule has 3 saturated heterocycles. The van der Waals surface area contributed by atoms with Crippen molar-refractivity contribution in [1.82, 2.24) is 14.4 Å². The van der Waals surface area contributed by atoms with Crippen LogP contribution < -0.4 is 0 Å². The van der Waals surface area contributed by atoms with Crippen molar-refractivity contribution in [1.29, 1.82) is 0 Å². The first-order chi connectivity index (χ1) is 13.1. The topological polar surface area (TPSA) is 48.7 Å². The molecule has 3 aliphatic heterocycles. The molecule has 1 aromatic heterocycles. The van der Waals surface area contributed by atoms with Gasteiger partial charge in [0.1, 0.15) is 0 Å². The van der Waals surface area contributed by atoms with Crippen LogP contribution in [0.2, 0.25) is 0 Å². The van der Waals surface area contributed by atoms with E-state index in [-0.39, 0.29) is 18.6 Å². The Hall–Kier alpha value is -1.85. The summed E-state index contributed by atoms with van der Waals surface area (Å²) in [4.78, 5) is 17.2. The Kier molecular flexibility index (Phi) is 4.25. The fourth-order valence-corrected chi connectivity index (χ4v) is 5.90. The van der Waals surface area contributed by atoms with Crippen molar-refractivity contribution in [2.75, 3.05) is 19.7 Å². The van der Waals surface area contributed by atoms with E-state index in [4.69, 9.17) is 0 Å². The number of piperidine rings is 3. The van der Waals surface area contributed by atoms with Gasteiger partial charge in [0, 0.05) is 50.9 Å². The molecule has 5 heteroatoms. The van der Waals surface area contributed by atoms with Crippen molar-refractivity contribution in [2.24, 2.45) is 18.9 Å². The number of aromatic nitrogens is 1. The maximum Gasteiger partial charge on any atom is 0.223 e. The molecule has 0 unspecified atom stereocenters. The summed E-state index contributed by atoms with van der Waals surface area (Å²) in [6.45, 7) is 3.09. The molecule has 0 aliphatic carbocycles. The van der Waals surface area contributed by atoms with Gasteiger partial charge in [-0.2, -0.15) is 0 Å². The lowest BCUT2D eigenvalue weighted by atomic mass is 9.72. The smallest absolute Gasteiger partial charge is 0.223 e. The van der Waals surface area contributed by atoms with Crippen LogP contribution in [-0.2, 0) is 18.4 Å². The van der Waals surface area contributed by atoms with Crippen LogP contribution >= 0.6 is 0 Å². The highest BCUT2D eigenvalue weighted by molar-refractivity contribution is 5.80. The SMILES string of the molecule is Cn1ccc2ccc(CN3C[C@H]4C[C@@H](C3)[C@H](CO)N3C(=O)CCC[C@@H]43)cc21. The normalized spacial score (nSPS) is 31.3. The molecular weight excluding hydrogens is 338 g/mol. The zero-order chi connectivity index (χ0) is 18.5. The predicted octanol–water partition coefficient (Wildman–Crippen LogP) is 2.37. The summed E-state index contributed by atoms with van der Waals surface area (Å²) in [6.07, 6.45) is 6.03. The van der Waals surface area contributed by atoms with E-state index in [0.29, 0.717) is 24.3 Å². The number of amides is 1. The van der Waals surface area contributed by atoms with Crippen molar-refractivity contribution in [3.8, 4) is 0 Å². The van der Waals surface area contributed by atoms with Crippen molar-refractivity contribution >= 4 is 16.8 Å². The predicted molar refractivity (Wildman–Crippen MR) is 105 cm³/mol. The molecule has 0 saturated carbocycles. The van der Waals surface area contributed by atoms with Crippen molar-refractivity contribution in [3.05, 3.63) is 36.0 Å². The number of hydrogen-bond acceptors (Lipinski definition) is 3. The molecule has 1 amide bonds. The van der Waals surface area contributed by atoms with Crippen molar-refractivity contribution in [3.63, 3.8) is 0 Å². The van der Waals surface area contributed by atoms with E-state index >= 15 is 0 Å². The number of hydrogen-bond donors (Lipinski definition) is 1. The molecule has 2 aromatic rings. The van der Waals surface area contributed by atoms with Gasteiger partial charge in [0.05, 0.1) is 12.6 Å². The minimum Gasteiger partial charge on any atom is -0.394 e. The Labute approximate surface area is 160 Å². The minimum atomic E-state index is 0.0113. The number of carbonyl (C=O) groups excluding carboxylic acids is 1. The Morgan fingerprint density at radius 3 is 2.89 bits per heavy atom. The van der Waals surface area contributed by atoms with Gasteiger partial charge in [-0.3, -0.25) is 9.69 Å². The van der Waals surface area contributed by atoms with E-state index in [0.717, 1.165) is 38.9 Å². The fraction of sp³-hybridized carbons (Fsp3) is 0.591. The minimum absolute atomic E-state index is 0.0113. The summed E-state index contributed by atoms with van der Waals surface area (Å²) in [5, 5.41) is 11.3. The number of rotatable bonds is 3. The zero-order valence-electron chi connectivity index (χ0n) is 16.1. The maximum absolute atomic E-state index is 12.5. The molecule has 1 N–H and O–H groups in total. The van der Waals surface area contributed by atoms with E-state index in [1.54, 1.807) is 0 Å². The first kappa shape index (κ1) is 17.3. The van der Waals surface area contributed by atoms with Crippen LogP contribution in [0.4, 0.5) is 0 Å². The van der Waals surface area contributed by atoms with Gasteiger partial charge < -0.3 is 14.6 Å². The average Bonchev–Trinajstić information content (AvgIpc) is 3.03. The summed E-state index contributed by atoms with van der Waals surface area (Å²) in [7, 11) is 2.10. The number of carbonyl (C=O) groups is 1. The first-order valence-corrected chi connectivity index (χ1v) is 10.3. The second-order valence-corrected chi connectivity index (χ2v) is 8.78. The number of aliphatic hydroxyl groups excluding tert-OH is 1. The summed E-state index contributed by atoms with van der Waals surface area (Å²) in [5.41, 5.74) is 2.63. The lowest BCUT2D eigenvalue weighted by Crippen LogP contribution is -2.65. The molecule has 2 bridgehead atoms. The van der Waals surface area contributed by atoms with Gasteiger partial charge in [-0.1, -0.05) is 12.1 Å². The van der Waals surface area contributed by atoms with Gasteiger partial charge in [0.15, 0.2) is 0 Å². The molecule has 27 heavy (non-hydrogen) atoms. The highest BCUT2D eigenvalue weighted by atomic mass is 16.3. The van der Waals surface area contributed by atoms with Crippen LogP contribution in [0.5, 0.6) is 0 Å². The largest absolute Gasteiger partial charge is 0.394 e. The molecule has 4 heterocycles. The van der Waals surface area contributed by atoms with Gasteiger partial charge in [0.2, 0.25) is 5.91 Å². The molecule has 4 atom stereocenters. The molecule has 0 radical (unpaired) electrons. The average molecular weight is 367 g/mol. The molecular formula is C22H29N3O2. The molecule has 5 nitrogen and oxygen atoms in total. The van der Waals surface area contributed by atoms with E-state index in [2.05, 4.69) is 51.9 Å². The third-order valence-corrected chi connectivity index (χ3v) is 7.12. The molecule has 144 valence electrons. The third-order valence-electron chi connectivity index (χ3n) is 7.12. The number of likely N-dealkylation sites (tertiary alicyclic amines) is 1. The molecule has 5 rings (SSSR count). The fourth-order valence-electron chi connectivity index (χ4n) is 5.90. The second-order valence-electron chi connectivity index (χ2n) is 8.78. The standard InChI is InChI=1S/C22H29N3O2/c1-23-8-7-16-6-5-15(9-20(16)23)11-24-12-17-10-18(13-24)21(14-26)25-19(17)3-2-4-22(25)27/h5-9,17-19,21,26H,2-4,10-14H2,1H3/t17-,18+,19+,21+/m1/s1. The Morgan fingerprint density at radius 2 is 2.04 bits per heavy atom. The summed E-state index contributed by atoms with van der Waals surface area (Å²) < 4.78 is 2.18. The lowest BCUT2D eigenvalue weighted by Gasteiger charge is -2.56. The third kappa shape index (κ3) is 2.88. The van der Waals surface area contributed by atoms with Crippen molar-refractivity contribution in [2.45, 2.75) is 44.3 Å². The van der Waals surface area contributed by atoms with Gasteiger partial charge in [-0.15, -0.1) is 0 Å². The number of nitrogens with zero attached hydrogens (tertiary/aromatic N) is 3. The molecule has 3 fully saturated rings. The number of benzene rings is 1. The van der Waals surface area contributed by atoms with Crippen LogP contribution in [0, 0.1) is 11.8 Å². The lowest BCUT2D eigenvalue weighted by molar-refractivity contribution is -0.155. The highest BCUT2D eigenvalue weighted by Gasteiger charge is 2.48. The summed E-state index contributed by atoms with van der Waals surface area (Å²) >= 11 is 0. The summed E-state index contributed by atoms with van der Waals surface area (Å²) in [6, 6.07) is 9.26. The molecule has 1 aromatic carbocycles. The van der Waals surface area contributed by atoms with Gasteiger partial charge in [-0.25, -0.2) is 0 Å². The highest BCUT2D eigenvalue weighted by Crippen LogP contribution is 2.41. The van der Waals surface area contributed by atoms with Crippen LogP contribution in [0.15, 0.2) is 30.5 Å². The van der Waals surface area contributed by atoms with E-state index in [9.17, 15) is 9.90 Å². The Bertz CT molecular complexity index is 846. The van der Waals surface area contributed by atoms with Crippen LogP contribution in [0.3, 0.4) is 0 Å². The van der Waals surface area contributed by atoms with Gasteiger partial charge >= 0.3 is 0 Å². The zero-order valence-corrected chi connectivity index (χ0v) is 16.1. The quantitative estimate of drug-likeness (QED) is 0.906. The molecule has 0 spiro atoms. The maximum atomic E-state index is 12.5. The van der Waals surface area contributed by atoms with Crippen LogP contribution in [0.1, 0.15) is 31.2 Å². The first-order valence-electron chi connectivity index (χ1n) is 10.3. The Balaban J connectivity index is 1.38.